The van der Waals surface area contributed by atoms with Crippen molar-refractivity contribution in [2.24, 2.45) is 23.7 Å². The number of carboxylic acid groups (broad SMARTS) is 1. The van der Waals surface area contributed by atoms with Crippen LogP contribution >= 0.6 is 22.9 Å². The molecule has 2 N–H and O–H groups in total. The maximum atomic E-state index is 12.7. The van der Waals surface area contributed by atoms with Crippen molar-refractivity contribution in [2.45, 2.75) is 6.42 Å². The normalized spacial score (nSPS) is 26.8. The van der Waals surface area contributed by atoms with E-state index >= 15 is 0 Å². The number of amides is 1. The van der Waals surface area contributed by atoms with Crippen LogP contribution in [-0.2, 0) is 9.59 Å². The van der Waals surface area contributed by atoms with Gasteiger partial charge in [0.15, 0.2) is 5.13 Å². The van der Waals surface area contributed by atoms with Crippen LogP contribution in [-0.4, -0.2) is 22.0 Å². The molecule has 0 saturated heterocycles. The first-order chi connectivity index (χ1) is 12.0. The molecule has 0 aliphatic heterocycles. The first-order valence-corrected chi connectivity index (χ1v) is 9.22. The Kier molecular flexibility index (Phi) is 4.09. The molecule has 4 atom stereocenters. The maximum Gasteiger partial charge on any atom is 0.307 e. The summed E-state index contributed by atoms with van der Waals surface area (Å²) in [5.41, 5.74) is 1.66. The Hall–Kier alpha value is -2.18. The molecular weight excluding hydrogens is 360 g/mol. The number of anilines is 1. The van der Waals surface area contributed by atoms with Crippen molar-refractivity contribution in [3.8, 4) is 11.3 Å². The number of rotatable bonds is 4. The summed E-state index contributed by atoms with van der Waals surface area (Å²) >= 11 is 7.21. The van der Waals surface area contributed by atoms with Crippen LogP contribution in [0, 0.1) is 23.7 Å². The van der Waals surface area contributed by atoms with Gasteiger partial charge in [-0.3, -0.25) is 9.59 Å². The second-order valence-corrected chi connectivity index (χ2v) is 7.67. The fourth-order valence-corrected chi connectivity index (χ4v) is 4.64. The van der Waals surface area contributed by atoms with Gasteiger partial charge in [-0.15, -0.1) is 11.3 Å². The fourth-order valence-electron chi connectivity index (χ4n) is 3.79. The van der Waals surface area contributed by atoms with Gasteiger partial charge in [0, 0.05) is 16.0 Å². The number of fused-ring (bicyclic) bond motifs is 2. The number of aliphatic carboxylic acids is 1. The minimum absolute atomic E-state index is 0.00166. The Labute approximate surface area is 153 Å². The first-order valence-electron chi connectivity index (χ1n) is 7.96. The topological polar surface area (TPSA) is 79.3 Å². The molecule has 1 aromatic heterocycles. The quantitative estimate of drug-likeness (QED) is 0.795. The molecule has 128 valence electrons. The standard InChI is InChI=1S/C18H15ClN2O3S/c19-12-5-3-9(4-6-12)13-8-25-18(20-13)21-16(22)14-10-1-2-11(7-10)15(14)17(23)24/h1-6,8,10-11,14-15H,7H2,(H,23,24)(H,20,21,22)/t10-,11+,14+,15+/m0/s1. The van der Waals surface area contributed by atoms with Crippen molar-refractivity contribution in [3.63, 3.8) is 0 Å². The highest BCUT2D eigenvalue weighted by Crippen LogP contribution is 2.48. The number of halogens is 1. The zero-order valence-corrected chi connectivity index (χ0v) is 14.6. The van der Waals surface area contributed by atoms with Crippen molar-refractivity contribution in [1.29, 1.82) is 0 Å². The van der Waals surface area contributed by atoms with Gasteiger partial charge >= 0.3 is 5.97 Å². The van der Waals surface area contributed by atoms with Crippen LogP contribution in [0.3, 0.4) is 0 Å². The van der Waals surface area contributed by atoms with Gasteiger partial charge in [0.25, 0.3) is 0 Å². The average Bonchev–Trinajstić information content (AvgIpc) is 3.30. The van der Waals surface area contributed by atoms with Crippen LogP contribution in [0.15, 0.2) is 41.8 Å². The van der Waals surface area contributed by atoms with Crippen molar-refractivity contribution in [2.75, 3.05) is 5.32 Å². The third kappa shape index (κ3) is 2.96. The third-order valence-electron chi connectivity index (χ3n) is 4.92. The van der Waals surface area contributed by atoms with E-state index in [2.05, 4.69) is 10.3 Å². The SMILES string of the molecule is O=C(O)[C@H]1[C@H](C(=O)Nc2nc(-c3ccc(Cl)cc3)cs2)[C@H]2C=C[C@@H]1C2. The summed E-state index contributed by atoms with van der Waals surface area (Å²) in [7, 11) is 0. The zero-order chi connectivity index (χ0) is 17.6. The van der Waals surface area contributed by atoms with Crippen LogP contribution < -0.4 is 5.32 Å². The smallest absolute Gasteiger partial charge is 0.307 e. The molecule has 2 aromatic rings. The summed E-state index contributed by atoms with van der Waals surface area (Å²) in [5.74, 6) is -2.39. The van der Waals surface area contributed by atoms with E-state index < -0.39 is 17.8 Å². The Morgan fingerprint density at radius 2 is 1.84 bits per heavy atom. The van der Waals surface area contributed by atoms with Gasteiger partial charge in [-0.25, -0.2) is 4.98 Å². The lowest BCUT2D eigenvalue weighted by Crippen LogP contribution is -2.36. The van der Waals surface area contributed by atoms with E-state index in [0.29, 0.717) is 10.2 Å². The average molecular weight is 375 g/mol. The van der Waals surface area contributed by atoms with Gasteiger partial charge in [-0.2, -0.15) is 0 Å². The molecule has 1 aromatic carbocycles. The highest BCUT2D eigenvalue weighted by atomic mass is 35.5. The molecule has 0 spiro atoms. The molecule has 2 aliphatic rings. The van der Waals surface area contributed by atoms with Gasteiger partial charge in [-0.1, -0.05) is 35.9 Å². The molecule has 5 nitrogen and oxygen atoms in total. The summed E-state index contributed by atoms with van der Waals surface area (Å²) in [5, 5.41) is 15.2. The molecule has 2 aliphatic carbocycles. The largest absolute Gasteiger partial charge is 0.481 e. The van der Waals surface area contributed by atoms with Crippen LogP contribution in [0.1, 0.15) is 6.42 Å². The van der Waals surface area contributed by atoms with E-state index in [-0.39, 0.29) is 17.7 Å². The van der Waals surface area contributed by atoms with Gasteiger partial charge in [0.05, 0.1) is 17.5 Å². The summed E-state index contributed by atoms with van der Waals surface area (Å²) < 4.78 is 0. The maximum absolute atomic E-state index is 12.7. The van der Waals surface area contributed by atoms with Gasteiger partial charge in [0.2, 0.25) is 5.91 Å². The van der Waals surface area contributed by atoms with E-state index in [1.807, 2.05) is 29.7 Å². The van der Waals surface area contributed by atoms with E-state index in [4.69, 9.17) is 11.6 Å². The second kappa shape index (κ2) is 6.28. The van der Waals surface area contributed by atoms with Gasteiger partial charge < -0.3 is 10.4 Å². The fraction of sp³-hybridized carbons (Fsp3) is 0.278. The predicted octanol–water partition coefficient (Wildman–Crippen LogP) is 3.92. The summed E-state index contributed by atoms with van der Waals surface area (Å²) in [6.45, 7) is 0. The number of benzene rings is 1. The number of hydrogen-bond donors (Lipinski definition) is 2. The second-order valence-electron chi connectivity index (χ2n) is 6.37. The monoisotopic (exact) mass is 374 g/mol. The first kappa shape index (κ1) is 16.3. The number of nitrogens with zero attached hydrogens (tertiary/aromatic N) is 1. The molecule has 2 bridgehead atoms. The van der Waals surface area contributed by atoms with E-state index in [1.165, 1.54) is 11.3 Å². The van der Waals surface area contributed by atoms with Gasteiger partial charge in [0.1, 0.15) is 0 Å². The molecule has 1 amide bonds. The minimum atomic E-state index is -0.905. The van der Waals surface area contributed by atoms with E-state index in [1.54, 1.807) is 12.1 Å². The number of carboxylic acids is 1. The molecule has 1 fully saturated rings. The van der Waals surface area contributed by atoms with Crippen LogP contribution in [0.2, 0.25) is 5.02 Å². The number of aromatic nitrogens is 1. The minimum Gasteiger partial charge on any atom is -0.481 e. The molecular formula is C18H15ClN2O3S. The van der Waals surface area contributed by atoms with Crippen LogP contribution in [0.25, 0.3) is 11.3 Å². The summed E-state index contributed by atoms with van der Waals surface area (Å²) in [4.78, 5) is 28.6. The molecule has 7 heteroatoms. The van der Waals surface area contributed by atoms with Crippen molar-refractivity contribution in [3.05, 3.63) is 46.8 Å². The number of carbonyl (C=O) groups excluding carboxylic acids is 1. The summed E-state index contributed by atoms with van der Waals surface area (Å²) in [6.07, 6.45) is 4.63. The lowest BCUT2D eigenvalue weighted by atomic mass is 9.82. The Bertz CT molecular complexity index is 861. The van der Waals surface area contributed by atoms with E-state index in [9.17, 15) is 14.7 Å². The lowest BCUT2D eigenvalue weighted by molar-refractivity contribution is -0.146. The Balaban J connectivity index is 1.51. The predicted molar refractivity (Wildman–Crippen MR) is 96.5 cm³/mol. The number of nitrogens with one attached hydrogen (secondary N) is 1. The number of hydrogen-bond acceptors (Lipinski definition) is 4. The summed E-state index contributed by atoms with van der Waals surface area (Å²) in [6, 6.07) is 7.30. The molecule has 1 heterocycles. The number of thiazole rings is 1. The number of carbonyl (C=O) groups is 2. The van der Waals surface area contributed by atoms with Gasteiger partial charge in [-0.05, 0) is 30.4 Å². The Morgan fingerprint density at radius 3 is 2.52 bits per heavy atom. The van der Waals surface area contributed by atoms with Crippen molar-refractivity contribution in [1.82, 2.24) is 4.98 Å². The highest BCUT2D eigenvalue weighted by Gasteiger charge is 2.51. The molecule has 4 rings (SSSR count). The lowest BCUT2D eigenvalue weighted by Gasteiger charge is -2.23. The van der Waals surface area contributed by atoms with E-state index in [0.717, 1.165) is 17.7 Å². The van der Waals surface area contributed by atoms with Crippen LogP contribution in [0.4, 0.5) is 5.13 Å². The highest BCUT2D eigenvalue weighted by molar-refractivity contribution is 7.14. The number of allylic oxidation sites excluding steroid dienone is 2. The molecule has 1 saturated carbocycles. The van der Waals surface area contributed by atoms with Crippen molar-refractivity contribution >= 4 is 39.9 Å². The third-order valence-corrected chi connectivity index (χ3v) is 5.93. The molecule has 25 heavy (non-hydrogen) atoms. The van der Waals surface area contributed by atoms with Crippen LogP contribution in [0.5, 0.6) is 0 Å². The van der Waals surface area contributed by atoms with Crippen molar-refractivity contribution < 1.29 is 14.7 Å². The zero-order valence-electron chi connectivity index (χ0n) is 13.1. The Morgan fingerprint density at radius 1 is 1.16 bits per heavy atom. The molecule has 0 radical (unpaired) electrons. The molecule has 0 unspecified atom stereocenters.